The Bertz CT molecular complexity index is 594. The summed E-state index contributed by atoms with van der Waals surface area (Å²) in [6, 6.07) is 3.56. The highest BCUT2D eigenvalue weighted by Gasteiger charge is 2.15. The van der Waals surface area contributed by atoms with Crippen molar-refractivity contribution >= 4 is 17.3 Å². The molecule has 0 aliphatic carbocycles. The van der Waals surface area contributed by atoms with Crippen LogP contribution in [0.1, 0.15) is 17.7 Å². The molecule has 2 aromatic rings. The predicted octanol–water partition coefficient (Wildman–Crippen LogP) is 2.34. The summed E-state index contributed by atoms with van der Waals surface area (Å²) in [7, 11) is 0. The van der Waals surface area contributed by atoms with Gasteiger partial charge in [0.05, 0.1) is 6.26 Å². The third kappa shape index (κ3) is 2.53. The fourth-order valence-electron chi connectivity index (χ4n) is 1.83. The number of hydrogen-bond acceptors (Lipinski definition) is 4. The van der Waals surface area contributed by atoms with Crippen molar-refractivity contribution in [3.8, 4) is 11.5 Å². The van der Waals surface area contributed by atoms with Crippen LogP contribution in [0.2, 0.25) is 0 Å². The summed E-state index contributed by atoms with van der Waals surface area (Å²) in [6.45, 7) is 2.25. The predicted molar refractivity (Wildman–Crippen MR) is 67.9 cm³/mol. The van der Waals surface area contributed by atoms with E-state index in [-0.39, 0.29) is 11.3 Å². The molecule has 0 aliphatic heterocycles. The standard InChI is InChI=1S/C12H13NO4S/c1-8-11(9-4-3-7-17-9)13(12(16)18-8)6-2-5-10(14)15/h3-4,7H,2,5-6H2,1H3,(H,14,15). The minimum Gasteiger partial charge on any atom is -0.481 e. The molecule has 0 bridgehead atoms. The lowest BCUT2D eigenvalue weighted by Crippen LogP contribution is -2.15. The van der Waals surface area contributed by atoms with E-state index in [4.69, 9.17) is 9.52 Å². The van der Waals surface area contributed by atoms with Crippen molar-refractivity contribution < 1.29 is 14.3 Å². The van der Waals surface area contributed by atoms with Gasteiger partial charge >= 0.3 is 10.8 Å². The van der Waals surface area contributed by atoms with Crippen LogP contribution in [0.4, 0.5) is 0 Å². The Kier molecular flexibility index (Phi) is 3.66. The fourth-order valence-corrected chi connectivity index (χ4v) is 2.69. The van der Waals surface area contributed by atoms with Crippen molar-refractivity contribution in [3.05, 3.63) is 32.9 Å². The molecule has 0 spiro atoms. The Balaban J connectivity index is 2.29. The SMILES string of the molecule is Cc1sc(=O)n(CCCC(=O)O)c1-c1ccco1. The Hall–Kier alpha value is -1.82. The van der Waals surface area contributed by atoms with E-state index in [9.17, 15) is 9.59 Å². The normalized spacial score (nSPS) is 10.7. The lowest BCUT2D eigenvalue weighted by Gasteiger charge is -2.05. The number of carboxylic acids is 1. The number of thiazole rings is 1. The van der Waals surface area contributed by atoms with Crippen molar-refractivity contribution in [3.63, 3.8) is 0 Å². The van der Waals surface area contributed by atoms with Crippen molar-refractivity contribution in [2.45, 2.75) is 26.3 Å². The summed E-state index contributed by atoms with van der Waals surface area (Å²) in [5, 5.41) is 8.62. The van der Waals surface area contributed by atoms with E-state index in [1.54, 1.807) is 23.0 Å². The van der Waals surface area contributed by atoms with E-state index < -0.39 is 5.97 Å². The van der Waals surface area contributed by atoms with E-state index in [1.807, 2.05) is 6.92 Å². The average molecular weight is 267 g/mol. The maximum Gasteiger partial charge on any atom is 0.307 e. The molecule has 1 N–H and O–H groups in total. The number of furan rings is 1. The molecule has 2 rings (SSSR count). The highest BCUT2D eigenvalue weighted by Crippen LogP contribution is 2.25. The third-order valence-electron chi connectivity index (χ3n) is 2.59. The van der Waals surface area contributed by atoms with Gasteiger partial charge in [-0.05, 0) is 25.5 Å². The number of aromatic nitrogens is 1. The highest BCUT2D eigenvalue weighted by molar-refractivity contribution is 7.09. The molecule has 2 aromatic heterocycles. The zero-order valence-corrected chi connectivity index (χ0v) is 10.7. The summed E-state index contributed by atoms with van der Waals surface area (Å²) in [5.74, 6) is -0.212. The van der Waals surface area contributed by atoms with Gasteiger partial charge in [0.1, 0.15) is 5.69 Å². The zero-order chi connectivity index (χ0) is 13.1. The van der Waals surface area contributed by atoms with Crippen LogP contribution in [0.15, 0.2) is 27.6 Å². The van der Waals surface area contributed by atoms with E-state index in [0.717, 1.165) is 21.9 Å². The largest absolute Gasteiger partial charge is 0.481 e. The van der Waals surface area contributed by atoms with Crippen LogP contribution in [0, 0.1) is 6.92 Å². The van der Waals surface area contributed by atoms with Gasteiger partial charge in [-0.2, -0.15) is 0 Å². The van der Waals surface area contributed by atoms with Gasteiger partial charge < -0.3 is 9.52 Å². The molecule has 96 valence electrons. The van der Waals surface area contributed by atoms with Crippen LogP contribution in [0.25, 0.3) is 11.5 Å². The van der Waals surface area contributed by atoms with Crippen LogP contribution in [-0.2, 0) is 11.3 Å². The molecule has 5 nitrogen and oxygen atoms in total. The van der Waals surface area contributed by atoms with E-state index in [0.29, 0.717) is 18.7 Å². The molecule has 0 atom stereocenters. The second-order valence-electron chi connectivity index (χ2n) is 3.90. The van der Waals surface area contributed by atoms with E-state index in [1.165, 1.54) is 0 Å². The molecule has 0 amide bonds. The summed E-state index contributed by atoms with van der Waals surface area (Å²) in [5.41, 5.74) is 0.750. The van der Waals surface area contributed by atoms with Crippen molar-refractivity contribution in [1.82, 2.24) is 4.57 Å². The van der Waals surface area contributed by atoms with Gasteiger partial charge in [0.2, 0.25) is 0 Å². The topological polar surface area (TPSA) is 72.4 Å². The van der Waals surface area contributed by atoms with Gasteiger partial charge in [0.25, 0.3) is 0 Å². The molecule has 0 unspecified atom stereocenters. The summed E-state index contributed by atoms with van der Waals surface area (Å²) >= 11 is 1.15. The minimum absolute atomic E-state index is 0.0545. The number of aliphatic carboxylic acids is 1. The highest BCUT2D eigenvalue weighted by atomic mass is 32.1. The fraction of sp³-hybridized carbons (Fsp3) is 0.333. The van der Waals surface area contributed by atoms with Gasteiger partial charge in [-0.3, -0.25) is 14.2 Å². The molecule has 18 heavy (non-hydrogen) atoms. The first-order valence-corrected chi connectivity index (χ1v) is 6.37. The molecule has 0 saturated heterocycles. The molecule has 0 aromatic carbocycles. The lowest BCUT2D eigenvalue weighted by atomic mass is 10.2. The Labute approximate surface area is 107 Å². The molecular formula is C12H13NO4S. The molecule has 2 heterocycles. The van der Waals surface area contributed by atoms with Crippen molar-refractivity contribution in [1.29, 1.82) is 0 Å². The smallest absolute Gasteiger partial charge is 0.307 e. The summed E-state index contributed by atoms with van der Waals surface area (Å²) < 4.78 is 6.90. The third-order valence-corrected chi connectivity index (χ3v) is 3.49. The first kappa shape index (κ1) is 12.6. The monoisotopic (exact) mass is 267 g/mol. The van der Waals surface area contributed by atoms with Crippen LogP contribution < -0.4 is 4.87 Å². The van der Waals surface area contributed by atoms with Gasteiger partial charge in [0, 0.05) is 17.8 Å². The van der Waals surface area contributed by atoms with Gasteiger partial charge in [0.15, 0.2) is 5.76 Å². The van der Waals surface area contributed by atoms with Crippen molar-refractivity contribution in [2.24, 2.45) is 0 Å². The van der Waals surface area contributed by atoms with E-state index >= 15 is 0 Å². The molecular weight excluding hydrogens is 254 g/mol. The molecule has 0 aliphatic rings. The Morgan fingerprint density at radius 3 is 2.94 bits per heavy atom. The van der Waals surface area contributed by atoms with Crippen LogP contribution >= 0.6 is 11.3 Å². The summed E-state index contributed by atoms with van der Waals surface area (Å²) in [6.07, 6.45) is 2.04. The lowest BCUT2D eigenvalue weighted by molar-refractivity contribution is -0.137. The Morgan fingerprint density at radius 2 is 2.33 bits per heavy atom. The number of hydrogen-bond donors (Lipinski definition) is 1. The van der Waals surface area contributed by atoms with Crippen LogP contribution in [0.5, 0.6) is 0 Å². The average Bonchev–Trinajstić information content (AvgIpc) is 2.87. The van der Waals surface area contributed by atoms with Crippen LogP contribution in [0.3, 0.4) is 0 Å². The van der Waals surface area contributed by atoms with Gasteiger partial charge in [-0.15, -0.1) is 0 Å². The van der Waals surface area contributed by atoms with E-state index in [2.05, 4.69) is 0 Å². The molecule has 6 heteroatoms. The number of aryl methyl sites for hydroxylation is 1. The maximum atomic E-state index is 11.8. The molecule has 0 radical (unpaired) electrons. The minimum atomic E-state index is -0.852. The summed E-state index contributed by atoms with van der Waals surface area (Å²) in [4.78, 5) is 23.1. The number of nitrogens with zero attached hydrogens (tertiary/aromatic N) is 1. The maximum absolute atomic E-state index is 11.8. The van der Waals surface area contributed by atoms with Gasteiger partial charge in [-0.1, -0.05) is 11.3 Å². The van der Waals surface area contributed by atoms with Gasteiger partial charge in [-0.25, -0.2) is 0 Å². The number of carbonyl (C=O) groups is 1. The number of rotatable bonds is 5. The first-order chi connectivity index (χ1) is 8.59. The second kappa shape index (κ2) is 5.22. The second-order valence-corrected chi connectivity index (χ2v) is 5.06. The van der Waals surface area contributed by atoms with Crippen LogP contribution in [-0.4, -0.2) is 15.6 Å². The molecule has 0 fully saturated rings. The molecule has 0 saturated carbocycles. The zero-order valence-electron chi connectivity index (χ0n) is 9.88. The van der Waals surface area contributed by atoms with Crippen molar-refractivity contribution in [2.75, 3.05) is 0 Å². The Morgan fingerprint density at radius 1 is 1.56 bits per heavy atom. The quantitative estimate of drug-likeness (QED) is 0.902. The first-order valence-electron chi connectivity index (χ1n) is 5.55. The number of carboxylic acid groups (broad SMARTS) is 1.